The summed E-state index contributed by atoms with van der Waals surface area (Å²) in [7, 11) is 1.69. The van der Waals surface area contributed by atoms with Crippen LogP contribution in [0.15, 0.2) is 18.2 Å². The fourth-order valence-electron chi connectivity index (χ4n) is 2.43. The van der Waals surface area contributed by atoms with Gasteiger partial charge >= 0.3 is 0 Å². The number of likely N-dealkylation sites (N-methyl/N-ethyl adjacent to an activating group) is 1. The lowest BCUT2D eigenvalue weighted by atomic mass is 10.1. The predicted molar refractivity (Wildman–Crippen MR) is 83.8 cm³/mol. The first-order chi connectivity index (χ1) is 10.1. The number of hydrogen-bond donors (Lipinski definition) is 2. The van der Waals surface area contributed by atoms with Gasteiger partial charge in [-0.2, -0.15) is 0 Å². The van der Waals surface area contributed by atoms with Gasteiger partial charge in [0.2, 0.25) is 5.91 Å². The molecule has 0 saturated carbocycles. The Kier molecular flexibility index (Phi) is 5.59. The van der Waals surface area contributed by atoms with E-state index >= 15 is 0 Å². The van der Waals surface area contributed by atoms with Crippen LogP contribution in [-0.2, 0) is 4.79 Å². The van der Waals surface area contributed by atoms with Crippen LogP contribution in [0.1, 0.15) is 29.6 Å². The Morgan fingerprint density at radius 1 is 1.24 bits per heavy atom. The van der Waals surface area contributed by atoms with E-state index in [-0.39, 0.29) is 18.4 Å². The Hall–Kier alpha value is -1.59. The molecule has 21 heavy (non-hydrogen) atoms. The number of benzene rings is 1. The van der Waals surface area contributed by atoms with E-state index in [0.29, 0.717) is 16.3 Å². The number of piperidine rings is 1. The van der Waals surface area contributed by atoms with Gasteiger partial charge in [0, 0.05) is 18.1 Å². The molecule has 0 unspecified atom stereocenters. The van der Waals surface area contributed by atoms with E-state index < -0.39 is 0 Å². The summed E-state index contributed by atoms with van der Waals surface area (Å²) >= 11 is 5.98. The largest absolute Gasteiger partial charge is 0.339 e. The number of nitrogens with one attached hydrogen (secondary N) is 2. The van der Waals surface area contributed by atoms with Crippen molar-refractivity contribution in [1.82, 2.24) is 10.2 Å². The first-order valence-electron chi connectivity index (χ1n) is 7.15. The summed E-state index contributed by atoms with van der Waals surface area (Å²) in [6, 6.07) is 4.97. The van der Waals surface area contributed by atoms with Crippen LogP contribution in [0.2, 0.25) is 5.02 Å². The maximum Gasteiger partial charge on any atom is 0.255 e. The van der Waals surface area contributed by atoms with Crippen LogP contribution >= 0.6 is 11.6 Å². The van der Waals surface area contributed by atoms with Gasteiger partial charge in [0.15, 0.2) is 0 Å². The Morgan fingerprint density at radius 3 is 2.62 bits per heavy atom. The highest BCUT2D eigenvalue weighted by Crippen LogP contribution is 2.24. The molecule has 1 fully saturated rings. The van der Waals surface area contributed by atoms with Crippen molar-refractivity contribution in [3.8, 4) is 0 Å². The van der Waals surface area contributed by atoms with Crippen molar-refractivity contribution in [3.63, 3.8) is 0 Å². The number of likely N-dealkylation sites (tertiary alicyclic amines) is 1. The summed E-state index contributed by atoms with van der Waals surface area (Å²) in [5.41, 5.74) is 0.962. The van der Waals surface area contributed by atoms with E-state index in [1.54, 1.807) is 25.2 Å². The lowest BCUT2D eigenvalue weighted by Gasteiger charge is -2.27. The molecule has 6 heteroatoms. The van der Waals surface area contributed by atoms with Crippen molar-refractivity contribution in [1.29, 1.82) is 0 Å². The monoisotopic (exact) mass is 309 g/mol. The number of amides is 2. The average molecular weight is 310 g/mol. The third-order valence-corrected chi connectivity index (χ3v) is 3.70. The lowest BCUT2D eigenvalue weighted by molar-refractivity contribution is -0.115. The molecule has 5 nitrogen and oxygen atoms in total. The number of carbonyl (C=O) groups excluding carboxylic acids is 2. The average Bonchev–Trinajstić information content (AvgIpc) is 2.48. The molecule has 0 bridgehead atoms. The zero-order valence-electron chi connectivity index (χ0n) is 12.1. The summed E-state index contributed by atoms with van der Waals surface area (Å²) in [6.07, 6.45) is 3.22. The van der Waals surface area contributed by atoms with Crippen LogP contribution < -0.4 is 10.6 Å². The molecule has 1 heterocycles. The Balaban J connectivity index is 2.21. The normalized spacial score (nSPS) is 14.9. The van der Waals surface area contributed by atoms with Crippen molar-refractivity contribution in [3.05, 3.63) is 28.8 Å². The maximum absolute atomic E-state index is 12.6. The van der Waals surface area contributed by atoms with Gasteiger partial charge in [0.1, 0.15) is 0 Å². The highest BCUT2D eigenvalue weighted by atomic mass is 35.5. The molecule has 1 aromatic rings. The van der Waals surface area contributed by atoms with Gasteiger partial charge < -0.3 is 15.5 Å². The van der Waals surface area contributed by atoms with E-state index in [0.717, 1.165) is 32.4 Å². The smallest absolute Gasteiger partial charge is 0.255 e. The number of nitrogens with zero attached hydrogens (tertiary/aromatic N) is 1. The molecule has 0 radical (unpaired) electrons. The maximum atomic E-state index is 12.6. The fraction of sp³-hybridized carbons (Fsp3) is 0.467. The van der Waals surface area contributed by atoms with E-state index in [9.17, 15) is 9.59 Å². The van der Waals surface area contributed by atoms with Gasteiger partial charge in [0.25, 0.3) is 5.91 Å². The van der Waals surface area contributed by atoms with Crippen LogP contribution in [0.25, 0.3) is 0 Å². The number of carbonyl (C=O) groups is 2. The standard InChI is InChI=1S/C15H20ClN3O2/c1-17-10-14(20)18-13-9-11(16)5-6-12(13)15(21)19-7-3-2-4-8-19/h5-6,9,17H,2-4,7-8,10H2,1H3,(H,18,20). The first-order valence-corrected chi connectivity index (χ1v) is 7.53. The second-order valence-electron chi connectivity index (χ2n) is 5.12. The SMILES string of the molecule is CNCC(=O)Nc1cc(Cl)ccc1C(=O)N1CCCCC1. The molecule has 1 aromatic carbocycles. The molecule has 0 spiro atoms. The quantitative estimate of drug-likeness (QED) is 0.895. The Morgan fingerprint density at radius 2 is 1.95 bits per heavy atom. The predicted octanol–water partition coefficient (Wildman–Crippen LogP) is 2.12. The molecular formula is C15H20ClN3O2. The van der Waals surface area contributed by atoms with Gasteiger partial charge in [-0.05, 0) is 44.5 Å². The van der Waals surface area contributed by atoms with Crippen LogP contribution in [0, 0.1) is 0 Å². The molecule has 114 valence electrons. The minimum Gasteiger partial charge on any atom is -0.339 e. The van der Waals surface area contributed by atoms with Crippen molar-refractivity contribution in [2.45, 2.75) is 19.3 Å². The molecule has 2 rings (SSSR count). The molecule has 2 N–H and O–H groups in total. The Bertz CT molecular complexity index is 528. The minimum atomic E-state index is -0.201. The second kappa shape index (κ2) is 7.43. The Labute approximate surface area is 129 Å². The van der Waals surface area contributed by atoms with Crippen LogP contribution in [0.3, 0.4) is 0 Å². The van der Waals surface area contributed by atoms with Crippen molar-refractivity contribution in [2.24, 2.45) is 0 Å². The van der Waals surface area contributed by atoms with Crippen molar-refractivity contribution < 1.29 is 9.59 Å². The van der Waals surface area contributed by atoms with Gasteiger partial charge in [-0.3, -0.25) is 9.59 Å². The van der Waals surface area contributed by atoms with Crippen LogP contribution in [-0.4, -0.2) is 43.4 Å². The number of rotatable bonds is 4. The number of anilines is 1. The molecule has 1 aliphatic rings. The number of hydrogen-bond acceptors (Lipinski definition) is 3. The molecule has 0 aliphatic carbocycles. The summed E-state index contributed by atoms with van der Waals surface area (Å²) in [6.45, 7) is 1.72. The van der Waals surface area contributed by atoms with E-state index in [1.165, 1.54) is 0 Å². The fourth-order valence-corrected chi connectivity index (χ4v) is 2.60. The van der Waals surface area contributed by atoms with Crippen LogP contribution in [0.4, 0.5) is 5.69 Å². The highest BCUT2D eigenvalue weighted by molar-refractivity contribution is 6.31. The van der Waals surface area contributed by atoms with Gasteiger partial charge in [-0.15, -0.1) is 0 Å². The summed E-state index contributed by atoms with van der Waals surface area (Å²) in [4.78, 5) is 26.2. The van der Waals surface area contributed by atoms with Gasteiger partial charge in [0.05, 0.1) is 17.8 Å². The van der Waals surface area contributed by atoms with Crippen molar-refractivity contribution in [2.75, 3.05) is 32.0 Å². The molecule has 1 saturated heterocycles. The third kappa shape index (κ3) is 4.19. The van der Waals surface area contributed by atoms with E-state index in [1.807, 2.05) is 4.90 Å². The third-order valence-electron chi connectivity index (χ3n) is 3.47. The first kappa shape index (κ1) is 15.8. The van der Waals surface area contributed by atoms with E-state index in [4.69, 9.17) is 11.6 Å². The van der Waals surface area contributed by atoms with Gasteiger partial charge in [-0.1, -0.05) is 11.6 Å². The minimum absolute atomic E-state index is 0.0499. The summed E-state index contributed by atoms with van der Waals surface area (Å²) < 4.78 is 0. The summed E-state index contributed by atoms with van der Waals surface area (Å²) in [5.74, 6) is -0.251. The lowest BCUT2D eigenvalue weighted by Crippen LogP contribution is -2.36. The number of halogens is 1. The van der Waals surface area contributed by atoms with Crippen LogP contribution in [0.5, 0.6) is 0 Å². The topological polar surface area (TPSA) is 61.4 Å². The summed E-state index contributed by atoms with van der Waals surface area (Å²) in [5, 5.41) is 6.00. The zero-order valence-corrected chi connectivity index (χ0v) is 12.9. The molecule has 0 aromatic heterocycles. The molecule has 0 atom stereocenters. The molecule has 2 amide bonds. The molecular weight excluding hydrogens is 290 g/mol. The van der Waals surface area contributed by atoms with E-state index in [2.05, 4.69) is 10.6 Å². The zero-order chi connectivity index (χ0) is 15.2. The van der Waals surface area contributed by atoms with Gasteiger partial charge in [-0.25, -0.2) is 0 Å². The molecule has 1 aliphatic heterocycles. The highest BCUT2D eigenvalue weighted by Gasteiger charge is 2.21. The van der Waals surface area contributed by atoms with Crippen molar-refractivity contribution >= 4 is 29.1 Å². The second-order valence-corrected chi connectivity index (χ2v) is 5.56.